The highest BCUT2D eigenvalue weighted by Crippen LogP contribution is 2.43. The third kappa shape index (κ3) is 1.18. The SMILES string of the molecule is Cc1cc(C(N)=O)nc2c1CC1CC2O1. The average Bonchev–Trinajstić information content (AvgIpc) is 2.15. The summed E-state index contributed by atoms with van der Waals surface area (Å²) in [5.41, 5.74) is 8.85. The molecular formula is C11H12N2O2. The van der Waals surface area contributed by atoms with E-state index in [0.29, 0.717) is 11.8 Å². The lowest BCUT2D eigenvalue weighted by Gasteiger charge is -2.42. The Balaban J connectivity index is 2.16. The van der Waals surface area contributed by atoms with Crippen molar-refractivity contribution >= 4 is 5.91 Å². The van der Waals surface area contributed by atoms with Crippen molar-refractivity contribution in [1.82, 2.24) is 4.98 Å². The number of aryl methyl sites for hydroxylation is 1. The number of amides is 1. The molecule has 3 heterocycles. The topological polar surface area (TPSA) is 65.2 Å². The number of pyridine rings is 1. The van der Waals surface area contributed by atoms with E-state index in [9.17, 15) is 4.79 Å². The van der Waals surface area contributed by atoms with Gasteiger partial charge in [-0.2, -0.15) is 0 Å². The maximum Gasteiger partial charge on any atom is 0.267 e. The van der Waals surface area contributed by atoms with E-state index in [1.165, 1.54) is 5.56 Å². The van der Waals surface area contributed by atoms with Crippen molar-refractivity contribution in [3.63, 3.8) is 0 Å². The van der Waals surface area contributed by atoms with E-state index in [1.807, 2.05) is 6.92 Å². The van der Waals surface area contributed by atoms with Gasteiger partial charge in [-0.1, -0.05) is 0 Å². The van der Waals surface area contributed by atoms with E-state index in [0.717, 1.165) is 24.1 Å². The molecule has 4 heteroatoms. The first-order chi connectivity index (χ1) is 7.15. The van der Waals surface area contributed by atoms with Gasteiger partial charge in [-0.05, 0) is 24.1 Å². The molecule has 0 radical (unpaired) electrons. The number of primary amides is 1. The van der Waals surface area contributed by atoms with Crippen molar-refractivity contribution in [2.45, 2.75) is 32.0 Å². The van der Waals surface area contributed by atoms with Crippen LogP contribution in [0.2, 0.25) is 0 Å². The van der Waals surface area contributed by atoms with Gasteiger partial charge in [-0.3, -0.25) is 4.79 Å². The van der Waals surface area contributed by atoms with Crippen molar-refractivity contribution in [3.8, 4) is 0 Å². The second-order valence-electron chi connectivity index (χ2n) is 4.24. The smallest absolute Gasteiger partial charge is 0.267 e. The molecule has 2 aliphatic heterocycles. The number of carbonyl (C=O) groups excluding carboxylic acids is 1. The summed E-state index contributed by atoms with van der Waals surface area (Å²) in [5, 5.41) is 0. The number of ether oxygens (including phenoxy) is 1. The van der Waals surface area contributed by atoms with Crippen LogP contribution in [0.25, 0.3) is 0 Å². The second-order valence-corrected chi connectivity index (χ2v) is 4.24. The highest BCUT2D eigenvalue weighted by Gasteiger charge is 2.40. The highest BCUT2D eigenvalue weighted by molar-refractivity contribution is 5.91. The minimum atomic E-state index is -0.470. The van der Waals surface area contributed by atoms with Gasteiger partial charge in [0, 0.05) is 12.8 Å². The summed E-state index contributed by atoms with van der Waals surface area (Å²) >= 11 is 0. The van der Waals surface area contributed by atoms with Crippen LogP contribution in [-0.2, 0) is 11.2 Å². The molecule has 1 aromatic rings. The molecular weight excluding hydrogens is 192 g/mol. The molecule has 4 nitrogen and oxygen atoms in total. The van der Waals surface area contributed by atoms with Crippen LogP contribution in [0.3, 0.4) is 0 Å². The number of rotatable bonds is 1. The maximum atomic E-state index is 11.1. The second kappa shape index (κ2) is 2.79. The van der Waals surface area contributed by atoms with Gasteiger partial charge in [-0.15, -0.1) is 0 Å². The zero-order valence-corrected chi connectivity index (χ0v) is 8.49. The fourth-order valence-corrected chi connectivity index (χ4v) is 2.38. The summed E-state index contributed by atoms with van der Waals surface area (Å²) < 4.78 is 5.58. The summed E-state index contributed by atoms with van der Waals surface area (Å²) in [6, 6.07) is 1.77. The first-order valence-electron chi connectivity index (χ1n) is 5.11. The largest absolute Gasteiger partial charge is 0.368 e. The molecule has 78 valence electrons. The van der Waals surface area contributed by atoms with Crippen LogP contribution in [0.5, 0.6) is 0 Å². The van der Waals surface area contributed by atoms with Crippen LogP contribution in [0, 0.1) is 6.92 Å². The van der Waals surface area contributed by atoms with Crippen molar-refractivity contribution < 1.29 is 9.53 Å². The monoisotopic (exact) mass is 204 g/mol. The molecule has 1 fully saturated rings. The van der Waals surface area contributed by atoms with Crippen molar-refractivity contribution in [3.05, 3.63) is 28.6 Å². The Morgan fingerprint density at radius 1 is 1.67 bits per heavy atom. The first kappa shape index (κ1) is 8.85. The van der Waals surface area contributed by atoms with Gasteiger partial charge in [0.15, 0.2) is 0 Å². The van der Waals surface area contributed by atoms with Gasteiger partial charge in [0.2, 0.25) is 0 Å². The highest BCUT2D eigenvalue weighted by atomic mass is 16.5. The lowest BCUT2D eigenvalue weighted by Crippen LogP contribution is -2.39. The van der Waals surface area contributed by atoms with E-state index >= 15 is 0 Å². The van der Waals surface area contributed by atoms with Gasteiger partial charge in [-0.25, -0.2) is 4.98 Å². The summed E-state index contributed by atoms with van der Waals surface area (Å²) in [5.74, 6) is -0.470. The van der Waals surface area contributed by atoms with Crippen LogP contribution >= 0.6 is 0 Å². The van der Waals surface area contributed by atoms with Crippen LogP contribution in [0.1, 0.15) is 39.8 Å². The molecule has 15 heavy (non-hydrogen) atoms. The molecule has 2 bridgehead atoms. The lowest BCUT2D eigenvalue weighted by atomic mass is 9.84. The molecule has 0 spiro atoms. The normalized spacial score (nSPS) is 26.7. The van der Waals surface area contributed by atoms with E-state index in [2.05, 4.69) is 4.98 Å². The molecule has 0 aromatic carbocycles. The van der Waals surface area contributed by atoms with Crippen molar-refractivity contribution in [1.29, 1.82) is 0 Å². The predicted molar refractivity (Wildman–Crippen MR) is 53.4 cm³/mol. The first-order valence-corrected chi connectivity index (χ1v) is 5.11. The quantitative estimate of drug-likeness (QED) is 0.738. The molecule has 2 N–H and O–H groups in total. The molecule has 1 aliphatic carbocycles. The molecule has 1 aromatic heterocycles. The lowest BCUT2D eigenvalue weighted by molar-refractivity contribution is -0.140. The van der Waals surface area contributed by atoms with Crippen LogP contribution in [0.4, 0.5) is 0 Å². The predicted octanol–water partition coefficient (Wildman–Crippen LogP) is 0.875. The average molecular weight is 204 g/mol. The number of hydrogen-bond donors (Lipinski definition) is 1. The summed E-state index contributed by atoms with van der Waals surface area (Å²) in [6.45, 7) is 2.00. The molecule has 0 saturated carbocycles. The van der Waals surface area contributed by atoms with E-state index in [-0.39, 0.29) is 6.10 Å². The minimum absolute atomic E-state index is 0.0942. The molecule has 1 amide bonds. The van der Waals surface area contributed by atoms with E-state index in [1.54, 1.807) is 6.07 Å². The molecule has 4 rings (SSSR count). The summed E-state index contributed by atoms with van der Waals surface area (Å²) in [4.78, 5) is 15.4. The fraction of sp³-hybridized carbons (Fsp3) is 0.455. The molecule has 1 saturated heterocycles. The summed E-state index contributed by atoms with van der Waals surface area (Å²) in [6.07, 6.45) is 2.41. The Morgan fingerprint density at radius 2 is 2.40 bits per heavy atom. The molecule has 3 aliphatic rings. The number of nitrogens with two attached hydrogens (primary N) is 1. The van der Waals surface area contributed by atoms with Gasteiger partial charge in [0.25, 0.3) is 5.91 Å². The number of aromatic nitrogens is 1. The third-order valence-corrected chi connectivity index (χ3v) is 3.20. The Labute approximate surface area is 87.4 Å². The molecule has 2 atom stereocenters. The Kier molecular flexibility index (Phi) is 1.65. The number of carbonyl (C=O) groups is 1. The van der Waals surface area contributed by atoms with Crippen LogP contribution < -0.4 is 5.73 Å². The minimum Gasteiger partial charge on any atom is -0.368 e. The maximum absolute atomic E-state index is 11.1. The molecule has 2 unspecified atom stereocenters. The zero-order valence-electron chi connectivity index (χ0n) is 8.49. The van der Waals surface area contributed by atoms with Gasteiger partial charge in [0.05, 0.1) is 11.8 Å². The van der Waals surface area contributed by atoms with Crippen LogP contribution in [-0.4, -0.2) is 17.0 Å². The standard InChI is InChI=1S/C11H12N2O2/c1-5-2-8(11(12)14)13-10-7(5)3-6-4-9(10)15-6/h2,6,9H,3-4H2,1H3,(H2,12,14). The zero-order chi connectivity index (χ0) is 10.6. The Morgan fingerprint density at radius 3 is 3.07 bits per heavy atom. The van der Waals surface area contributed by atoms with Crippen LogP contribution in [0.15, 0.2) is 6.07 Å². The Hall–Kier alpha value is -1.42. The fourth-order valence-electron chi connectivity index (χ4n) is 2.38. The summed E-state index contributed by atoms with van der Waals surface area (Å²) in [7, 11) is 0. The number of hydrogen-bond acceptors (Lipinski definition) is 3. The number of nitrogens with zero attached hydrogens (tertiary/aromatic N) is 1. The third-order valence-electron chi connectivity index (χ3n) is 3.20. The van der Waals surface area contributed by atoms with Gasteiger partial charge >= 0.3 is 0 Å². The Bertz CT molecular complexity index is 450. The van der Waals surface area contributed by atoms with Gasteiger partial charge < -0.3 is 10.5 Å². The van der Waals surface area contributed by atoms with E-state index in [4.69, 9.17) is 10.5 Å². The van der Waals surface area contributed by atoms with Crippen molar-refractivity contribution in [2.75, 3.05) is 0 Å². The van der Waals surface area contributed by atoms with E-state index < -0.39 is 5.91 Å². The van der Waals surface area contributed by atoms with Gasteiger partial charge in [0.1, 0.15) is 11.8 Å². The van der Waals surface area contributed by atoms with Crippen molar-refractivity contribution in [2.24, 2.45) is 5.73 Å².